The van der Waals surface area contributed by atoms with E-state index in [9.17, 15) is 9.59 Å². The maximum atomic E-state index is 12.4. The average Bonchev–Trinajstić information content (AvgIpc) is 2.51. The van der Waals surface area contributed by atoms with Crippen LogP contribution in [-0.2, 0) is 9.53 Å². The van der Waals surface area contributed by atoms with Crippen molar-refractivity contribution in [3.8, 4) is 5.75 Å². The first-order valence-corrected chi connectivity index (χ1v) is 8.41. The lowest BCUT2D eigenvalue weighted by Gasteiger charge is -2.40. The number of nitrogen functional groups attached to an aromatic ring is 1. The first-order chi connectivity index (χ1) is 11.7. The predicted molar refractivity (Wildman–Crippen MR) is 95.3 cm³/mol. The van der Waals surface area contributed by atoms with Gasteiger partial charge in [-0.25, -0.2) is 4.79 Å². The zero-order chi connectivity index (χ0) is 18.6. The minimum absolute atomic E-state index is 0.0553. The van der Waals surface area contributed by atoms with E-state index in [-0.39, 0.29) is 24.6 Å². The molecule has 0 aromatic heterocycles. The molecule has 0 unspecified atom stereocenters. The van der Waals surface area contributed by atoms with E-state index < -0.39 is 5.60 Å². The fraction of sp³-hybridized carbons (Fsp3) is 0.556. The van der Waals surface area contributed by atoms with Crippen molar-refractivity contribution < 1.29 is 19.1 Å². The molecular weight excluding hydrogens is 322 g/mol. The molecule has 2 N–H and O–H groups in total. The van der Waals surface area contributed by atoms with Crippen LogP contribution in [0.1, 0.15) is 27.7 Å². The van der Waals surface area contributed by atoms with Gasteiger partial charge in [0.05, 0.1) is 0 Å². The SMILES string of the molecule is C[C@@H]1CN(C(=O)OC(C)(C)C)CCN1C(=O)COc1cccc(N)c1. The summed E-state index contributed by atoms with van der Waals surface area (Å²) in [5, 5.41) is 0. The standard InChI is InChI=1S/C18H27N3O4/c1-13-11-20(17(23)25-18(2,3)4)8-9-21(13)16(22)12-24-15-7-5-6-14(19)10-15/h5-7,10,13H,8-9,11-12,19H2,1-4H3/t13-/m1/s1. The Morgan fingerprint density at radius 1 is 1.28 bits per heavy atom. The highest BCUT2D eigenvalue weighted by Gasteiger charge is 2.32. The molecule has 1 aliphatic rings. The van der Waals surface area contributed by atoms with E-state index in [2.05, 4.69) is 0 Å². The lowest BCUT2D eigenvalue weighted by molar-refractivity contribution is -0.137. The number of piperazine rings is 1. The second kappa shape index (κ2) is 7.63. The number of amides is 2. The molecule has 7 nitrogen and oxygen atoms in total. The molecule has 2 amide bonds. The Morgan fingerprint density at radius 2 is 2.00 bits per heavy atom. The number of hydrogen-bond acceptors (Lipinski definition) is 5. The first-order valence-electron chi connectivity index (χ1n) is 8.41. The van der Waals surface area contributed by atoms with Gasteiger partial charge in [0, 0.05) is 37.4 Å². The number of anilines is 1. The number of hydrogen-bond donors (Lipinski definition) is 1. The van der Waals surface area contributed by atoms with Crippen LogP contribution in [0, 0.1) is 0 Å². The Hall–Kier alpha value is -2.44. The van der Waals surface area contributed by atoms with E-state index in [4.69, 9.17) is 15.2 Å². The van der Waals surface area contributed by atoms with Crippen molar-refractivity contribution >= 4 is 17.7 Å². The molecule has 1 aliphatic heterocycles. The maximum absolute atomic E-state index is 12.4. The van der Waals surface area contributed by atoms with Crippen LogP contribution in [0.2, 0.25) is 0 Å². The van der Waals surface area contributed by atoms with Crippen molar-refractivity contribution in [2.24, 2.45) is 0 Å². The minimum Gasteiger partial charge on any atom is -0.484 e. The van der Waals surface area contributed by atoms with Crippen molar-refractivity contribution in [2.45, 2.75) is 39.3 Å². The summed E-state index contributed by atoms with van der Waals surface area (Å²) < 4.78 is 10.9. The van der Waals surface area contributed by atoms with E-state index in [0.29, 0.717) is 31.1 Å². The van der Waals surface area contributed by atoms with Crippen LogP contribution in [0.3, 0.4) is 0 Å². The summed E-state index contributed by atoms with van der Waals surface area (Å²) in [4.78, 5) is 27.9. The van der Waals surface area contributed by atoms with Gasteiger partial charge in [-0.1, -0.05) is 6.07 Å². The maximum Gasteiger partial charge on any atom is 0.410 e. The molecule has 0 spiro atoms. The van der Waals surface area contributed by atoms with Crippen LogP contribution in [0.15, 0.2) is 24.3 Å². The molecule has 1 aromatic rings. The Bertz CT molecular complexity index is 627. The minimum atomic E-state index is -0.529. The molecule has 0 aliphatic carbocycles. The second-order valence-electron chi connectivity index (χ2n) is 7.22. The first kappa shape index (κ1) is 18.9. The third-order valence-corrected chi connectivity index (χ3v) is 3.82. The van der Waals surface area contributed by atoms with Gasteiger partial charge in [0.1, 0.15) is 11.4 Å². The van der Waals surface area contributed by atoms with Gasteiger partial charge in [-0.3, -0.25) is 4.79 Å². The summed E-state index contributed by atoms with van der Waals surface area (Å²) in [6.07, 6.45) is -0.345. The van der Waals surface area contributed by atoms with Crippen LogP contribution in [-0.4, -0.2) is 59.7 Å². The molecule has 1 fully saturated rings. The third kappa shape index (κ3) is 5.55. The summed E-state index contributed by atoms with van der Waals surface area (Å²) in [5.74, 6) is 0.451. The summed E-state index contributed by atoms with van der Waals surface area (Å²) in [7, 11) is 0. The molecule has 7 heteroatoms. The Morgan fingerprint density at radius 3 is 2.60 bits per heavy atom. The van der Waals surface area contributed by atoms with Crippen LogP contribution >= 0.6 is 0 Å². The summed E-state index contributed by atoms with van der Waals surface area (Å²) in [6, 6.07) is 6.87. The number of nitrogens with two attached hydrogens (primary N) is 1. The lowest BCUT2D eigenvalue weighted by Crippen LogP contribution is -2.56. The zero-order valence-corrected chi connectivity index (χ0v) is 15.3. The van der Waals surface area contributed by atoms with Gasteiger partial charge in [0.25, 0.3) is 5.91 Å². The number of ether oxygens (including phenoxy) is 2. The van der Waals surface area contributed by atoms with Gasteiger partial charge in [0.2, 0.25) is 0 Å². The normalized spacial score (nSPS) is 18.0. The van der Waals surface area contributed by atoms with E-state index >= 15 is 0 Å². The highest BCUT2D eigenvalue weighted by atomic mass is 16.6. The van der Waals surface area contributed by atoms with Gasteiger partial charge < -0.3 is 25.0 Å². The molecule has 0 saturated carbocycles. The van der Waals surface area contributed by atoms with E-state index in [0.717, 1.165) is 0 Å². The molecule has 25 heavy (non-hydrogen) atoms. The predicted octanol–water partition coefficient (Wildman–Crippen LogP) is 2.12. The highest BCUT2D eigenvalue weighted by Crippen LogP contribution is 2.17. The Labute approximate surface area is 148 Å². The van der Waals surface area contributed by atoms with Crippen molar-refractivity contribution in [1.82, 2.24) is 9.80 Å². The second-order valence-corrected chi connectivity index (χ2v) is 7.22. The lowest BCUT2D eigenvalue weighted by atomic mass is 10.2. The molecule has 1 atom stereocenters. The fourth-order valence-corrected chi connectivity index (χ4v) is 2.65. The number of carbonyl (C=O) groups excluding carboxylic acids is 2. The molecule has 1 aromatic carbocycles. The van der Waals surface area contributed by atoms with Crippen LogP contribution in [0.4, 0.5) is 10.5 Å². The number of rotatable bonds is 3. The molecule has 0 radical (unpaired) electrons. The Balaban J connectivity index is 1.86. The van der Waals surface area contributed by atoms with E-state index in [1.807, 2.05) is 27.7 Å². The topological polar surface area (TPSA) is 85.1 Å². The van der Waals surface area contributed by atoms with Crippen LogP contribution < -0.4 is 10.5 Å². The zero-order valence-electron chi connectivity index (χ0n) is 15.3. The third-order valence-electron chi connectivity index (χ3n) is 3.82. The molecule has 1 saturated heterocycles. The largest absolute Gasteiger partial charge is 0.484 e. The van der Waals surface area contributed by atoms with Gasteiger partial charge in [-0.15, -0.1) is 0 Å². The monoisotopic (exact) mass is 349 g/mol. The quantitative estimate of drug-likeness (QED) is 0.845. The highest BCUT2D eigenvalue weighted by molar-refractivity contribution is 5.78. The summed E-state index contributed by atoms with van der Waals surface area (Å²) in [6.45, 7) is 8.71. The Kier molecular flexibility index (Phi) is 5.77. The number of nitrogens with zero attached hydrogens (tertiary/aromatic N) is 2. The molecule has 2 rings (SSSR count). The molecule has 0 bridgehead atoms. The smallest absolute Gasteiger partial charge is 0.410 e. The van der Waals surface area contributed by atoms with Gasteiger partial charge >= 0.3 is 6.09 Å². The number of carbonyl (C=O) groups is 2. The van der Waals surface area contributed by atoms with E-state index in [1.165, 1.54) is 0 Å². The van der Waals surface area contributed by atoms with Gasteiger partial charge in [0.15, 0.2) is 6.61 Å². The number of benzene rings is 1. The van der Waals surface area contributed by atoms with Crippen LogP contribution in [0.5, 0.6) is 5.75 Å². The van der Waals surface area contributed by atoms with Crippen LogP contribution in [0.25, 0.3) is 0 Å². The van der Waals surface area contributed by atoms with Gasteiger partial charge in [-0.2, -0.15) is 0 Å². The van der Waals surface area contributed by atoms with Gasteiger partial charge in [-0.05, 0) is 39.8 Å². The van der Waals surface area contributed by atoms with E-state index in [1.54, 1.807) is 34.1 Å². The fourth-order valence-electron chi connectivity index (χ4n) is 2.65. The van der Waals surface area contributed by atoms with Crippen molar-refractivity contribution in [1.29, 1.82) is 0 Å². The molecule has 138 valence electrons. The van der Waals surface area contributed by atoms with Crippen molar-refractivity contribution in [3.05, 3.63) is 24.3 Å². The summed E-state index contributed by atoms with van der Waals surface area (Å²) in [5.41, 5.74) is 5.75. The summed E-state index contributed by atoms with van der Waals surface area (Å²) >= 11 is 0. The van der Waals surface area contributed by atoms with Crippen molar-refractivity contribution in [2.75, 3.05) is 32.0 Å². The molecular formula is C18H27N3O4. The van der Waals surface area contributed by atoms with Crippen molar-refractivity contribution in [3.63, 3.8) is 0 Å². The average molecular weight is 349 g/mol. The molecule has 1 heterocycles.